The second-order valence-corrected chi connectivity index (χ2v) is 6.02. The molecule has 8 nitrogen and oxygen atoms in total. The minimum Gasteiger partial charge on any atom is -0.481 e. The molecule has 0 saturated heterocycles. The molecule has 0 aliphatic carbocycles. The summed E-state index contributed by atoms with van der Waals surface area (Å²) in [5.41, 5.74) is 5.31. The van der Waals surface area contributed by atoms with Crippen LogP contribution in [-0.4, -0.2) is 47.3 Å². The normalized spacial score (nSPS) is 12.3. The third kappa shape index (κ3) is 5.88. The molecule has 0 aliphatic heterocycles. The summed E-state index contributed by atoms with van der Waals surface area (Å²) in [6, 6.07) is 6.15. The molecule has 1 unspecified atom stereocenters. The second-order valence-electron chi connectivity index (χ2n) is 6.02. The lowest BCUT2D eigenvalue weighted by molar-refractivity contribution is -0.138. The number of carbonyl (C=O) groups is 3. The highest BCUT2D eigenvalue weighted by molar-refractivity contribution is 5.89. The van der Waals surface area contributed by atoms with E-state index in [-0.39, 0.29) is 19.6 Å². The topological polar surface area (TPSA) is 139 Å². The van der Waals surface area contributed by atoms with Crippen LogP contribution >= 0.6 is 0 Å². The number of anilines is 1. The molecule has 1 aromatic rings. The Morgan fingerprint density at radius 1 is 1.25 bits per heavy atom. The molecule has 132 valence electrons. The zero-order valence-corrected chi connectivity index (χ0v) is 13.6. The van der Waals surface area contributed by atoms with Crippen LogP contribution < -0.4 is 11.1 Å². The summed E-state index contributed by atoms with van der Waals surface area (Å²) in [5.74, 6) is -2.37. The van der Waals surface area contributed by atoms with Gasteiger partial charge < -0.3 is 26.0 Å². The number of hydrogen-bond acceptors (Lipinski definition) is 6. The molecule has 5 N–H and O–H groups in total. The molecule has 8 heteroatoms. The molecule has 0 heterocycles. The molecule has 24 heavy (non-hydrogen) atoms. The first-order valence-corrected chi connectivity index (χ1v) is 7.34. The molecule has 1 rings (SSSR count). The Bertz CT molecular complexity index is 597. The quantitative estimate of drug-likeness (QED) is 0.397. The second kappa shape index (κ2) is 8.30. The molecule has 0 bridgehead atoms. The number of carbonyl (C=O) groups excluding carboxylic acids is 2. The van der Waals surface area contributed by atoms with Gasteiger partial charge in [-0.1, -0.05) is 13.8 Å². The van der Waals surface area contributed by atoms with E-state index < -0.39 is 29.4 Å². The Morgan fingerprint density at radius 3 is 2.38 bits per heavy atom. The lowest BCUT2D eigenvalue weighted by atomic mass is 9.87. The number of esters is 1. The van der Waals surface area contributed by atoms with Gasteiger partial charge in [0, 0.05) is 17.6 Å². The molecule has 1 atom stereocenters. The summed E-state index contributed by atoms with van der Waals surface area (Å²) < 4.78 is 5.13. The third-order valence-corrected chi connectivity index (χ3v) is 3.35. The van der Waals surface area contributed by atoms with Gasteiger partial charge in [0.15, 0.2) is 0 Å². The van der Waals surface area contributed by atoms with Crippen LogP contribution in [0.4, 0.5) is 5.69 Å². The summed E-state index contributed by atoms with van der Waals surface area (Å²) >= 11 is 0. The van der Waals surface area contributed by atoms with Gasteiger partial charge in [-0.25, -0.2) is 4.79 Å². The number of aliphatic carboxylic acids is 1. The van der Waals surface area contributed by atoms with Crippen LogP contribution in [0.15, 0.2) is 24.3 Å². The molecule has 1 aromatic carbocycles. The lowest BCUT2D eigenvalue weighted by Crippen LogP contribution is -2.46. The Labute approximate surface area is 139 Å². The Kier molecular flexibility index (Phi) is 6.72. The summed E-state index contributed by atoms with van der Waals surface area (Å²) in [6.45, 7) is 2.84. The molecule has 0 radical (unpaired) electrons. The van der Waals surface area contributed by atoms with Crippen LogP contribution in [-0.2, 0) is 14.3 Å². The molecule has 0 spiro atoms. The Hall–Kier alpha value is -2.61. The van der Waals surface area contributed by atoms with Crippen LogP contribution in [0.5, 0.6) is 0 Å². The highest BCUT2D eigenvalue weighted by Gasteiger charge is 2.35. The zero-order chi connectivity index (χ0) is 18.3. The summed E-state index contributed by atoms with van der Waals surface area (Å²) in [6.07, 6.45) is -1.70. The number of carboxylic acids is 1. The average Bonchev–Trinajstić information content (AvgIpc) is 2.52. The number of ether oxygens (including phenoxy) is 1. The number of rotatable bonds is 8. The van der Waals surface area contributed by atoms with Gasteiger partial charge in [0.2, 0.25) is 5.91 Å². The van der Waals surface area contributed by atoms with Crippen LogP contribution in [0.25, 0.3) is 0 Å². The van der Waals surface area contributed by atoms with Crippen molar-refractivity contribution >= 4 is 23.5 Å². The fourth-order valence-corrected chi connectivity index (χ4v) is 1.78. The first kappa shape index (κ1) is 19.4. The fourth-order valence-electron chi connectivity index (χ4n) is 1.78. The van der Waals surface area contributed by atoms with Gasteiger partial charge in [-0.05, 0) is 24.3 Å². The van der Waals surface area contributed by atoms with Crippen LogP contribution in [0.1, 0.15) is 30.6 Å². The summed E-state index contributed by atoms with van der Waals surface area (Å²) in [7, 11) is 0. The van der Waals surface area contributed by atoms with Crippen LogP contribution in [0.3, 0.4) is 0 Å². The molecular weight excluding hydrogens is 316 g/mol. The zero-order valence-electron chi connectivity index (χ0n) is 13.6. The highest BCUT2D eigenvalue weighted by atomic mass is 16.5. The van der Waals surface area contributed by atoms with E-state index in [9.17, 15) is 19.5 Å². The Balaban J connectivity index is 2.54. The van der Waals surface area contributed by atoms with Gasteiger partial charge in [-0.3, -0.25) is 9.59 Å². The number of aliphatic hydroxyl groups excluding tert-OH is 1. The fraction of sp³-hybridized carbons (Fsp3) is 0.438. The molecule has 0 fully saturated rings. The molecule has 0 aliphatic rings. The first-order valence-electron chi connectivity index (χ1n) is 7.34. The van der Waals surface area contributed by atoms with Gasteiger partial charge in [0.05, 0.1) is 18.6 Å². The lowest BCUT2D eigenvalue weighted by Gasteiger charge is -2.28. The predicted molar refractivity (Wildman–Crippen MR) is 86.2 cm³/mol. The van der Waals surface area contributed by atoms with E-state index >= 15 is 0 Å². The highest BCUT2D eigenvalue weighted by Crippen LogP contribution is 2.22. The van der Waals surface area contributed by atoms with E-state index in [1.54, 1.807) is 26.0 Å². The first-order chi connectivity index (χ1) is 11.1. The van der Waals surface area contributed by atoms with Gasteiger partial charge in [0.25, 0.3) is 0 Å². The van der Waals surface area contributed by atoms with E-state index in [2.05, 4.69) is 5.32 Å². The van der Waals surface area contributed by atoms with Crippen LogP contribution in [0.2, 0.25) is 0 Å². The van der Waals surface area contributed by atoms with Crippen molar-refractivity contribution in [2.45, 2.75) is 26.4 Å². The van der Waals surface area contributed by atoms with Crippen LogP contribution in [0, 0.1) is 5.41 Å². The van der Waals surface area contributed by atoms with Crippen molar-refractivity contribution in [1.82, 2.24) is 5.32 Å². The number of amides is 1. The number of hydrogen-bond donors (Lipinski definition) is 4. The van der Waals surface area contributed by atoms with Gasteiger partial charge in [-0.15, -0.1) is 0 Å². The van der Waals surface area contributed by atoms with Crippen molar-refractivity contribution in [1.29, 1.82) is 0 Å². The van der Waals surface area contributed by atoms with Gasteiger partial charge in [-0.2, -0.15) is 0 Å². The number of nitrogens with two attached hydrogens (primary N) is 1. The van der Waals surface area contributed by atoms with Crippen molar-refractivity contribution in [2.75, 3.05) is 18.9 Å². The number of aliphatic hydroxyl groups is 1. The predicted octanol–water partition coefficient (Wildman–Crippen LogP) is 0.404. The maximum atomic E-state index is 11.9. The van der Waals surface area contributed by atoms with Crippen molar-refractivity contribution in [2.24, 2.45) is 5.41 Å². The summed E-state index contributed by atoms with van der Waals surface area (Å²) in [5, 5.41) is 20.9. The van der Waals surface area contributed by atoms with Crippen molar-refractivity contribution in [3.8, 4) is 0 Å². The third-order valence-electron chi connectivity index (χ3n) is 3.35. The minimum absolute atomic E-state index is 0.0907. The number of nitrogen functional groups attached to an aromatic ring is 1. The van der Waals surface area contributed by atoms with Crippen molar-refractivity contribution < 1.29 is 29.3 Å². The summed E-state index contributed by atoms with van der Waals surface area (Å²) in [4.78, 5) is 34.1. The standard InChI is InChI=1S/C16H22N2O6/c1-16(2,13(21)14(22)18-8-7-12(19)20)9-24-15(23)10-3-5-11(17)6-4-10/h3-6,13,21H,7-9,17H2,1-2H3,(H,18,22)(H,19,20). The maximum absolute atomic E-state index is 11.9. The SMILES string of the molecule is CC(C)(COC(=O)c1ccc(N)cc1)C(O)C(=O)NCCC(=O)O. The van der Waals surface area contributed by atoms with E-state index in [1.165, 1.54) is 12.1 Å². The van der Waals surface area contributed by atoms with Gasteiger partial charge >= 0.3 is 11.9 Å². The molecular formula is C16H22N2O6. The molecule has 0 saturated carbocycles. The van der Waals surface area contributed by atoms with E-state index in [4.69, 9.17) is 15.6 Å². The smallest absolute Gasteiger partial charge is 0.338 e. The average molecular weight is 338 g/mol. The van der Waals surface area contributed by atoms with E-state index in [0.717, 1.165) is 0 Å². The van der Waals surface area contributed by atoms with Gasteiger partial charge in [0.1, 0.15) is 6.10 Å². The number of carboxylic acid groups (broad SMARTS) is 1. The largest absolute Gasteiger partial charge is 0.481 e. The minimum atomic E-state index is -1.45. The molecule has 0 aromatic heterocycles. The Morgan fingerprint density at radius 2 is 1.83 bits per heavy atom. The van der Waals surface area contributed by atoms with E-state index in [1.807, 2.05) is 0 Å². The molecule has 1 amide bonds. The maximum Gasteiger partial charge on any atom is 0.338 e. The number of benzene rings is 1. The van der Waals surface area contributed by atoms with E-state index in [0.29, 0.717) is 11.3 Å². The monoisotopic (exact) mass is 338 g/mol. The number of nitrogens with one attached hydrogen (secondary N) is 1. The van der Waals surface area contributed by atoms with Crippen molar-refractivity contribution in [3.63, 3.8) is 0 Å². The van der Waals surface area contributed by atoms with Crippen molar-refractivity contribution in [3.05, 3.63) is 29.8 Å².